The molecule has 1 unspecified atom stereocenters. The third kappa shape index (κ3) is 5.19. The zero-order valence-electron chi connectivity index (χ0n) is 11.4. The Labute approximate surface area is 122 Å². The van der Waals surface area contributed by atoms with Gasteiger partial charge in [-0.3, -0.25) is 4.79 Å². The number of pyridine rings is 1. The first-order valence-electron chi connectivity index (χ1n) is 6.46. The van der Waals surface area contributed by atoms with Crippen LogP contribution in [0.3, 0.4) is 0 Å². The Balaban J connectivity index is 2.26. The molecule has 1 N–H and O–H groups in total. The van der Waals surface area contributed by atoms with Crippen LogP contribution in [-0.4, -0.2) is 22.7 Å². The summed E-state index contributed by atoms with van der Waals surface area (Å²) in [5.74, 6) is -0.129. The monoisotopic (exact) mass is 329 g/mol. The van der Waals surface area contributed by atoms with Crippen LogP contribution in [-0.2, 0) is 4.79 Å². The summed E-state index contributed by atoms with van der Waals surface area (Å²) in [7, 11) is 0. The molecule has 106 valence electrons. The van der Waals surface area contributed by atoms with Gasteiger partial charge in [-0.1, -0.05) is 13.0 Å². The standard InChI is InChI=1S/C14H20BrNO3/c1-3-14(2,13(17)18)9-4-5-10-19-12-8-6-7-11(15)16-12/h6-8H,3-5,9-10H2,1-2H3,(H,17,18). The van der Waals surface area contributed by atoms with Crippen molar-refractivity contribution in [2.45, 2.75) is 39.5 Å². The molecule has 0 aromatic carbocycles. The quantitative estimate of drug-likeness (QED) is 0.580. The van der Waals surface area contributed by atoms with E-state index in [2.05, 4.69) is 20.9 Å². The molecule has 0 radical (unpaired) electrons. The van der Waals surface area contributed by atoms with E-state index >= 15 is 0 Å². The van der Waals surface area contributed by atoms with Gasteiger partial charge in [-0.2, -0.15) is 0 Å². The molecular formula is C14H20BrNO3. The van der Waals surface area contributed by atoms with Crippen LogP contribution in [0.2, 0.25) is 0 Å². The highest BCUT2D eigenvalue weighted by molar-refractivity contribution is 9.10. The number of aliphatic carboxylic acids is 1. The molecule has 1 aromatic heterocycles. The van der Waals surface area contributed by atoms with Crippen LogP contribution in [0.4, 0.5) is 0 Å². The molecule has 4 nitrogen and oxygen atoms in total. The average Bonchev–Trinajstić information content (AvgIpc) is 2.38. The molecule has 1 rings (SSSR count). The van der Waals surface area contributed by atoms with Crippen molar-refractivity contribution in [3.63, 3.8) is 0 Å². The molecule has 0 aliphatic heterocycles. The Hall–Kier alpha value is -1.10. The smallest absolute Gasteiger partial charge is 0.309 e. The Morgan fingerprint density at radius 3 is 2.79 bits per heavy atom. The zero-order chi connectivity index (χ0) is 14.3. The van der Waals surface area contributed by atoms with Crippen LogP contribution in [0.1, 0.15) is 39.5 Å². The topological polar surface area (TPSA) is 59.4 Å². The third-order valence-corrected chi connectivity index (χ3v) is 3.80. The van der Waals surface area contributed by atoms with Gasteiger partial charge in [0, 0.05) is 6.07 Å². The first-order chi connectivity index (χ1) is 8.98. The first-order valence-corrected chi connectivity index (χ1v) is 7.26. The van der Waals surface area contributed by atoms with Crippen LogP contribution in [0.25, 0.3) is 0 Å². The number of rotatable bonds is 8. The van der Waals surface area contributed by atoms with Crippen molar-refractivity contribution in [1.82, 2.24) is 4.98 Å². The van der Waals surface area contributed by atoms with Crippen LogP contribution < -0.4 is 4.74 Å². The van der Waals surface area contributed by atoms with Crippen LogP contribution in [0.15, 0.2) is 22.8 Å². The average molecular weight is 330 g/mol. The van der Waals surface area contributed by atoms with E-state index in [1.54, 1.807) is 13.0 Å². The van der Waals surface area contributed by atoms with Crippen molar-refractivity contribution >= 4 is 21.9 Å². The number of carbonyl (C=O) groups is 1. The highest BCUT2D eigenvalue weighted by Gasteiger charge is 2.29. The lowest BCUT2D eigenvalue weighted by molar-refractivity contribution is -0.148. The lowest BCUT2D eigenvalue weighted by atomic mass is 9.82. The molecule has 0 spiro atoms. The lowest BCUT2D eigenvalue weighted by Crippen LogP contribution is -2.26. The van der Waals surface area contributed by atoms with Gasteiger partial charge in [0.2, 0.25) is 5.88 Å². The Bertz CT molecular complexity index is 425. The molecule has 19 heavy (non-hydrogen) atoms. The highest BCUT2D eigenvalue weighted by Crippen LogP contribution is 2.28. The Morgan fingerprint density at radius 2 is 2.21 bits per heavy atom. The van der Waals surface area contributed by atoms with E-state index in [-0.39, 0.29) is 0 Å². The summed E-state index contributed by atoms with van der Waals surface area (Å²) in [4.78, 5) is 15.3. The van der Waals surface area contributed by atoms with E-state index in [0.717, 1.165) is 17.4 Å². The van der Waals surface area contributed by atoms with Gasteiger partial charge in [-0.05, 0) is 54.6 Å². The van der Waals surface area contributed by atoms with Gasteiger partial charge in [-0.25, -0.2) is 4.98 Å². The maximum absolute atomic E-state index is 11.1. The second-order valence-electron chi connectivity index (χ2n) is 4.82. The second-order valence-corrected chi connectivity index (χ2v) is 5.64. The molecular weight excluding hydrogens is 310 g/mol. The lowest BCUT2D eigenvalue weighted by Gasteiger charge is -2.22. The molecule has 0 saturated heterocycles. The minimum absolute atomic E-state index is 0.558. The molecule has 0 bridgehead atoms. The van der Waals surface area contributed by atoms with E-state index in [1.807, 2.05) is 19.1 Å². The summed E-state index contributed by atoms with van der Waals surface area (Å²) in [6.45, 7) is 4.27. The van der Waals surface area contributed by atoms with Crippen LogP contribution in [0, 0.1) is 5.41 Å². The van der Waals surface area contributed by atoms with Gasteiger partial charge in [-0.15, -0.1) is 0 Å². The first kappa shape index (κ1) is 16.0. The van der Waals surface area contributed by atoms with Gasteiger partial charge in [0.25, 0.3) is 0 Å². The fourth-order valence-electron chi connectivity index (χ4n) is 1.70. The fourth-order valence-corrected chi connectivity index (χ4v) is 2.03. The number of carboxylic acid groups (broad SMARTS) is 1. The summed E-state index contributed by atoms with van der Waals surface area (Å²) in [6, 6.07) is 5.51. The van der Waals surface area contributed by atoms with Gasteiger partial charge < -0.3 is 9.84 Å². The van der Waals surface area contributed by atoms with E-state index < -0.39 is 11.4 Å². The molecule has 0 aliphatic rings. The minimum atomic E-state index is -0.718. The van der Waals surface area contributed by atoms with Crippen molar-refractivity contribution in [1.29, 1.82) is 0 Å². The minimum Gasteiger partial charge on any atom is -0.481 e. The molecule has 5 heteroatoms. The number of carboxylic acids is 1. The molecule has 0 fully saturated rings. The predicted molar refractivity (Wildman–Crippen MR) is 77.3 cm³/mol. The maximum Gasteiger partial charge on any atom is 0.309 e. The number of halogens is 1. The number of unbranched alkanes of at least 4 members (excludes halogenated alkanes) is 1. The molecule has 0 aliphatic carbocycles. The molecule has 1 atom stereocenters. The van der Waals surface area contributed by atoms with Gasteiger partial charge >= 0.3 is 5.97 Å². The Kier molecular flexibility index (Phi) is 6.28. The number of nitrogens with zero attached hydrogens (tertiary/aromatic N) is 1. The van der Waals surface area contributed by atoms with Crippen molar-refractivity contribution < 1.29 is 14.6 Å². The third-order valence-electron chi connectivity index (χ3n) is 3.36. The van der Waals surface area contributed by atoms with Crippen LogP contribution >= 0.6 is 15.9 Å². The van der Waals surface area contributed by atoms with Crippen molar-refractivity contribution in [3.05, 3.63) is 22.8 Å². The van der Waals surface area contributed by atoms with Crippen molar-refractivity contribution in [2.75, 3.05) is 6.61 Å². The second kappa shape index (κ2) is 7.48. The maximum atomic E-state index is 11.1. The van der Waals surface area contributed by atoms with Gasteiger partial charge in [0.15, 0.2) is 0 Å². The van der Waals surface area contributed by atoms with E-state index in [9.17, 15) is 4.79 Å². The zero-order valence-corrected chi connectivity index (χ0v) is 12.9. The van der Waals surface area contributed by atoms with E-state index in [4.69, 9.17) is 9.84 Å². The fraction of sp³-hybridized carbons (Fsp3) is 0.571. The molecule has 0 saturated carbocycles. The molecule has 1 aromatic rings. The summed E-state index contributed by atoms with van der Waals surface area (Å²) in [5.41, 5.74) is -0.617. The number of hydrogen-bond donors (Lipinski definition) is 1. The number of ether oxygens (including phenoxy) is 1. The largest absolute Gasteiger partial charge is 0.481 e. The number of hydrogen-bond acceptors (Lipinski definition) is 3. The van der Waals surface area contributed by atoms with Crippen molar-refractivity contribution in [3.8, 4) is 5.88 Å². The van der Waals surface area contributed by atoms with Gasteiger partial charge in [0.05, 0.1) is 12.0 Å². The molecule has 1 heterocycles. The highest BCUT2D eigenvalue weighted by atomic mass is 79.9. The van der Waals surface area contributed by atoms with Crippen molar-refractivity contribution in [2.24, 2.45) is 5.41 Å². The van der Waals surface area contributed by atoms with E-state index in [0.29, 0.717) is 25.3 Å². The summed E-state index contributed by atoms with van der Waals surface area (Å²) in [6.07, 6.45) is 2.99. The summed E-state index contributed by atoms with van der Waals surface area (Å²) in [5, 5.41) is 9.15. The normalized spacial score (nSPS) is 13.8. The SMILES string of the molecule is CCC(C)(CCCCOc1cccc(Br)n1)C(=O)O. The summed E-state index contributed by atoms with van der Waals surface area (Å²) >= 11 is 3.28. The predicted octanol–water partition coefficient (Wildman–Crippen LogP) is 3.89. The number of aromatic nitrogens is 1. The summed E-state index contributed by atoms with van der Waals surface area (Å²) < 4.78 is 6.25. The van der Waals surface area contributed by atoms with Gasteiger partial charge in [0.1, 0.15) is 4.60 Å². The van der Waals surface area contributed by atoms with Crippen LogP contribution in [0.5, 0.6) is 5.88 Å². The molecule has 0 amide bonds. The van der Waals surface area contributed by atoms with E-state index in [1.165, 1.54) is 0 Å². The Morgan fingerprint density at radius 1 is 1.47 bits per heavy atom.